The Balaban J connectivity index is 0.851. The molecule has 0 fully saturated rings. The van der Waals surface area contributed by atoms with Crippen molar-refractivity contribution < 1.29 is 0 Å². The Hall–Kier alpha value is -9.54. The third-order valence-electron chi connectivity index (χ3n) is 15.0. The molecule has 12 aromatic carbocycles. The van der Waals surface area contributed by atoms with E-state index in [1.54, 1.807) is 0 Å². The molecule has 0 aromatic heterocycles. The Morgan fingerprint density at radius 2 is 0.507 bits per heavy atom. The van der Waals surface area contributed by atoms with Crippen LogP contribution in [0.25, 0.3) is 55.6 Å². The molecule has 0 spiro atoms. The van der Waals surface area contributed by atoms with Crippen LogP contribution in [0.2, 0.25) is 0 Å². The molecule has 0 N–H and O–H groups in total. The molecule has 0 bridgehead atoms. The van der Waals surface area contributed by atoms with E-state index in [1.807, 2.05) is 0 Å². The van der Waals surface area contributed by atoms with Gasteiger partial charge < -0.3 is 9.80 Å². The Labute approximate surface area is 441 Å². The van der Waals surface area contributed by atoms with Crippen molar-refractivity contribution in [2.24, 2.45) is 0 Å². The molecule has 1 aliphatic rings. The van der Waals surface area contributed by atoms with Crippen LogP contribution in [0.15, 0.2) is 315 Å². The van der Waals surface area contributed by atoms with Gasteiger partial charge in [-0.2, -0.15) is 0 Å². The van der Waals surface area contributed by atoms with Crippen LogP contribution in [0.5, 0.6) is 0 Å². The molecule has 0 saturated carbocycles. The Bertz CT molecular complexity index is 3660. The Morgan fingerprint density at radius 1 is 0.227 bits per heavy atom. The minimum atomic E-state index is -2.72. The second-order valence-electron chi connectivity index (χ2n) is 19.3. The fraction of sp³-hybridized carbons (Fsp3) is 0. The molecule has 1 aliphatic heterocycles. The second kappa shape index (κ2) is 19.8. The predicted molar refractivity (Wildman–Crippen MR) is 320 cm³/mol. The smallest absolute Gasteiger partial charge is 0.184 e. The monoisotopic (exact) mass is 972 g/mol. The highest BCUT2D eigenvalue weighted by atomic mass is 28.3. The number of rotatable bonds is 11. The average Bonchev–Trinajstić information content (AvgIpc) is 3.51. The number of hydrogen-bond donors (Lipinski definition) is 0. The molecule has 0 amide bonds. The highest BCUT2D eigenvalue weighted by Gasteiger charge is 2.48. The zero-order valence-electron chi connectivity index (χ0n) is 41.4. The summed E-state index contributed by atoms with van der Waals surface area (Å²) in [7, 11) is -2.72. The Kier molecular flexibility index (Phi) is 12.0. The van der Waals surface area contributed by atoms with Crippen molar-refractivity contribution in [3.05, 3.63) is 315 Å². The lowest BCUT2D eigenvalue weighted by atomic mass is 9.99. The quantitative estimate of drug-likeness (QED) is 0.119. The van der Waals surface area contributed by atoms with E-state index in [0.29, 0.717) is 0 Å². The van der Waals surface area contributed by atoms with Gasteiger partial charge in [0.05, 0.1) is 0 Å². The number of nitrogens with zero attached hydrogens (tertiary/aromatic N) is 2. The summed E-state index contributed by atoms with van der Waals surface area (Å²) in [6.45, 7) is 0. The normalized spacial score (nSPS) is 12.3. The van der Waals surface area contributed by atoms with Gasteiger partial charge in [-0.25, -0.2) is 0 Å². The molecule has 12 aromatic rings. The SMILES string of the molecule is c1ccc(-c2ccc(-c3ccc(N(c4ccc(-c5ccc(-c6ccccc6)cc5)cc4)c4ccc(-c5cccc(N6c7ccccc7[Si](c7ccccc7)(c7ccccc7)c7ccccc76)c5)cc4)cc3)cc2)cc1. The summed E-state index contributed by atoms with van der Waals surface area (Å²) in [6, 6.07) is 116. The zero-order valence-corrected chi connectivity index (χ0v) is 42.4. The van der Waals surface area contributed by atoms with Gasteiger partial charge in [0, 0.05) is 34.1 Å². The molecule has 0 radical (unpaired) electrons. The molecule has 354 valence electrons. The first kappa shape index (κ1) is 45.3. The molecule has 3 heteroatoms. The Morgan fingerprint density at radius 3 is 0.880 bits per heavy atom. The van der Waals surface area contributed by atoms with Gasteiger partial charge in [-0.15, -0.1) is 0 Å². The van der Waals surface area contributed by atoms with Crippen molar-refractivity contribution in [3.63, 3.8) is 0 Å². The van der Waals surface area contributed by atoms with Gasteiger partial charge in [0.25, 0.3) is 0 Å². The van der Waals surface area contributed by atoms with Crippen LogP contribution in [0.1, 0.15) is 0 Å². The standard InChI is InChI=1S/C72H52N2Si/c1-5-18-53(19-6-1)55-32-36-57(37-33-55)59-40-46-63(47-41-59)73(64-48-42-60(43-49-64)58-38-34-56(35-39-58)54-20-7-2-8-21-54)65-50-44-61(45-51-65)62-22-17-23-66(52-62)74-69-28-13-15-30-71(69)75(67-24-9-3-10-25-67,68-26-11-4-12-27-68)72-31-16-14-29-70(72)74/h1-52H. The molecular weight excluding hydrogens is 921 g/mol. The molecule has 0 aliphatic carbocycles. The van der Waals surface area contributed by atoms with Crippen molar-refractivity contribution in [1.82, 2.24) is 0 Å². The summed E-state index contributed by atoms with van der Waals surface area (Å²) >= 11 is 0. The molecule has 75 heavy (non-hydrogen) atoms. The maximum atomic E-state index is 2.49. The average molecular weight is 973 g/mol. The summed E-state index contributed by atoms with van der Waals surface area (Å²) in [4.78, 5) is 4.85. The van der Waals surface area contributed by atoms with Crippen LogP contribution in [0.4, 0.5) is 34.1 Å². The fourth-order valence-electron chi connectivity index (χ4n) is 11.3. The molecule has 0 saturated heterocycles. The van der Waals surface area contributed by atoms with E-state index < -0.39 is 8.07 Å². The van der Waals surface area contributed by atoms with Crippen molar-refractivity contribution in [3.8, 4) is 55.6 Å². The van der Waals surface area contributed by atoms with Crippen molar-refractivity contribution >= 4 is 62.9 Å². The number of hydrogen-bond acceptors (Lipinski definition) is 2. The van der Waals surface area contributed by atoms with Crippen LogP contribution in [0.3, 0.4) is 0 Å². The number of anilines is 6. The van der Waals surface area contributed by atoms with Gasteiger partial charge >= 0.3 is 0 Å². The maximum Gasteiger partial charge on any atom is 0.184 e. The van der Waals surface area contributed by atoms with Crippen LogP contribution in [-0.4, -0.2) is 8.07 Å². The molecule has 13 rings (SSSR count). The number of benzene rings is 12. The lowest BCUT2D eigenvalue weighted by molar-refractivity contribution is 1.28. The van der Waals surface area contributed by atoms with Crippen molar-refractivity contribution in [2.45, 2.75) is 0 Å². The van der Waals surface area contributed by atoms with Gasteiger partial charge in [-0.1, -0.05) is 255 Å². The van der Waals surface area contributed by atoms with Gasteiger partial charge in [0.1, 0.15) is 0 Å². The number of para-hydroxylation sites is 2. The minimum Gasteiger partial charge on any atom is -0.311 e. The van der Waals surface area contributed by atoms with E-state index in [4.69, 9.17) is 0 Å². The predicted octanol–water partition coefficient (Wildman–Crippen LogP) is 16.7. The highest BCUT2D eigenvalue weighted by molar-refractivity contribution is 7.21. The van der Waals surface area contributed by atoms with E-state index in [1.165, 1.54) is 76.6 Å². The summed E-state index contributed by atoms with van der Waals surface area (Å²) in [5.41, 5.74) is 18.7. The summed E-state index contributed by atoms with van der Waals surface area (Å²) in [6.07, 6.45) is 0. The van der Waals surface area contributed by atoms with E-state index in [0.717, 1.165) is 33.9 Å². The zero-order chi connectivity index (χ0) is 50.0. The van der Waals surface area contributed by atoms with Crippen LogP contribution >= 0.6 is 0 Å². The summed E-state index contributed by atoms with van der Waals surface area (Å²) in [5.74, 6) is 0. The first-order chi connectivity index (χ1) is 37.2. The maximum absolute atomic E-state index is 2.72. The van der Waals surface area contributed by atoms with E-state index in [9.17, 15) is 0 Å². The fourth-order valence-corrected chi connectivity index (χ4v) is 16.4. The first-order valence-electron chi connectivity index (χ1n) is 25.8. The van der Waals surface area contributed by atoms with Gasteiger partial charge in [0.15, 0.2) is 8.07 Å². The molecule has 1 heterocycles. The lowest BCUT2D eigenvalue weighted by Crippen LogP contribution is -2.77. The van der Waals surface area contributed by atoms with Crippen LogP contribution in [-0.2, 0) is 0 Å². The topological polar surface area (TPSA) is 6.48 Å². The molecule has 0 atom stereocenters. The molecular formula is C72H52N2Si. The number of fused-ring (bicyclic) bond motifs is 2. The first-order valence-corrected chi connectivity index (χ1v) is 27.8. The van der Waals surface area contributed by atoms with Crippen LogP contribution < -0.4 is 30.5 Å². The van der Waals surface area contributed by atoms with E-state index in [2.05, 4.69) is 325 Å². The summed E-state index contributed by atoms with van der Waals surface area (Å²) in [5, 5.41) is 5.54. The highest BCUT2D eigenvalue weighted by Crippen LogP contribution is 2.42. The lowest BCUT2D eigenvalue weighted by Gasteiger charge is -2.45. The van der Waals surface area contributed by atoms with Crippen LogP contribution in [0, 0.1) is 0 Å². The van der Waals surface area contributed by atoms with Gasteiger partial charge in [-0.05, 0) is 137 Å². The minimum absolute atomic E-state index is 1.08. The molecule has 0 unspecified atom stereocenters. The van der Waals surface area contributed by atoms with Crippen molar-refractivity contribution in [2.75, 3.05) is 9.80 Å². The van der Waals surface area contributed by atoms with Gasteiger partial charge in [0.2, 0.25) is 0 Å². The third-order valence-corrected chi connectivity index (χ3v) is 19.8. The largest absolute Gasteiger partial charge is 0.311 e. The molecule has 2 nitrogen and oxygen atoms in total. The van der Waals surface area contributed by atoms with Gasteiger partial charge in [-0.3, -0.25) is 0 Å². The van der Waals surface area contributed by atoms with E-state index >= 15 is 0 Å². The van der Waals surface area contributed by atoms with E-state index in [-0.39, 0.29) is 0 Å². The second-order valence-corrected chi connectivity index (χ2v) is 23.0. The van der Waals surface area contributed by atoms with Crippen molar-refractivity contribution in [1.29, 1.82) is 0 Å². The summed E-state index contributed by atoms with van der Waals surface area (Å²) < 4.78 is 0. The third kappa shape index (κ3) is 8.45.